The molecule has 0 atom stereocenters. The minimum atomic E-state index is 0.347. The molecule has 2 aromatic rings. The quantitative estimate of drug-likeness (QED) is 0.851. The van der Waals surface area contributed by atoms with Crippen LogP contribution in [0.3, 0.4) is 0 Å². The molecule has 2 N–H and O–H groups in total. The molecule has 2 rings (SSSR count). The fourth-order valence-corrected chi connectivity index (χ4v) is 2.40. The highest BCUT2D eigenvalue weighted by Crippen LogP contribution is 2.27. The van der Waals surface area contributed by atoms with Crippen molar-refractivity contribution in [3.8, 4) is 5.75 Å². The minimum Gasteiger partial charge on any atom is -0.487 e. The molecule has 20 heavy (non-hydrogen) atoms. The van der Waals surface area contributed by atoms with E-state index in [2.05, 4.69) is 5.10 Å². The van der Waals surface area contributed by atoms with Gasteiger partial charge in [0.25, 0.3) is 0 Å². The predicted octanol–water partition coefficient (Wildman–Crippen LogP) is 3.93. The van der Waals surface area contributed by atoms with Crippen molar-refractivity contribution in [3.05, 3.63) is 39.6 Å². The fourth-order valence-electron chi connectivity index (χ4n) is 1.90. The van der Waals surface area contributed by atoms with Gasteiger partial charge in [-0.05, 0) is 25.5 Å². The number of nitrogens with two attached hydrogens (primary N) is 1. The predicted molar refractivity (Wildman–Crippen MR) is 82.5 cm³/mol. The van der Waals surface area contributed by atoms with Gasteiger partial charge in [0.05, 0.1) is 27.1 Å². The summed E-state index contributed by atoms with van der Waals surface area (Å²) >= 11 is 12.3. The summed E-state index contributed by atoms with van der Waals surface area (Å²) < 4.78 is 7.58. The molecule has 6 heteroatoms. The Morgan fingerprint density at radius 3 is 2.65 bits per heavy atom. The van der Waals surface area contributed by atoms with Crippen LogP contribution in [0.25, 0.3) is 0 Å². The van der Waals surface area contributed by atoms with Crippen molar-refractivity contribution in [2.75, 3.05) is 5.73 Å². The molecule has 0 aliphatic rings. The zero-order valence-electron chi connectivity index (χ0n) is 11.5. The summed E-state index contributed by atoms with van der Waals surface area (Å²) in [5, 5.41) is 5.60. The number of rotatable bonds is 5. The van der Waals surface area contributed by atoms with Crippen LogP contribution in [-0.4, -0.2) is 9.78 Å². The standard InChI is InChI=1S/C14H17Cl2N3O/c1-3-12-14(16)13(19(4-2)18-12)8-20-9-5-6-11(17)10(15)7-9/h5-7H,3-4,8,17H2,1-2H3. The van der Waals surface area contributed by atoms with Gasteiger partial charge in [-0.3, -0.25) is 4.68 Å². The first-order valence-electron chi connectivity index (χ1n) is 6.48. The Hall–Kier alpha value is -1.39. The van der Waals surface area contributed by atoms with Crippen molar-refractivity contribution in [1.82, 2.24) is 9.78 Å². The molecule has 1 aromatic carbocycles. The van der Waals surface area contributed by atoms with Crippen molar-refractivity contribution >= 4 is 28.9 Å². The maximum atomic E-state index is 6.32. The van der Waals surface area contributed by atoms with E-state index < -0.39 is 0 Å². The van der Waals surface area contributed by atoms with Crippen LogP contribution in [-0.2, 0) is 19.6 Å². The van der Waals surface area contributed by atoms with Crippen LogP contribution >= 0.6 is 23.2 Å². The van der Waals surface area contributed by atoms with Gasteiger partial charge < -0.3 is 10.5 Å². The molecule has 0 unspecified atom stereocenters. The second-order valence-corrected chi connectivity index (χ2v) is 5.13. The SMILES string of the molecule is CCc1nn(CC)c(COc2ccc(N)c(Cl)c2)c1Cl. The van der Waals surface area contributed by atoms with Crippen LogP contribution in [0.15, 0.2) is 18.2 Å². The van der Waals surface area contributed by atoms with E-state index >= 15 is 0 Å². The Morgan fingerprint density at radius 1 is 1.30 bits per heavy atom. The number of benzene rings is 1. The molecule has 0 aliphatic heterocycles. The Balaban J connectivity index is 2.17. The summed E-state index contributed by atoms with van der Waals surface area (Å²) in [6.45, 7) is 5.14. The van der Waals surface area contributed by atoms with Gasteiger partial charge in [0.1, 0.15) is 12.4 Å². The first-order chi connectivity index (χ1) is 9.56. The maximum absolute atomic E-state index is 6.32. The highest BCUT2D eigenvalue weighted by Gasteiger charge is 2.14. The van der Waals surface area contributed by atoms with E-state index in [0.717, 1.165) is 24.4 Å². The van der Waals surface area contributed by atoms with Gasteiger partial charge in [-0.15, -0.1) is 0 Å². The lowest BCUT2D eigenvalue weighted by molar-refractivity contribution is 0.292. The van der Waals surface area contributed by atoms with Gasteiger partial charge in [0.15, 0.2) is 0 Å². The third kappa shape index (κ3) is 3.02. The number of hydrogen-bond donors (Lipinski definition) is 1. The Labute approximate surface area is 128 Å². The van der Waals surface area contributed by atoms with E-state index in [1.54, 1.807) is 18.2 Å². The molecule has 0 saturated carbocycles. The third-order valence-electron chi connectivity index (χ3n) is 3.04. The molecule has 1 heterocycles. The van der Waals surface area contributed by atoms with Crippen molar-refractivity contribution < 1.29 is 4.74 Å². The number of halogens is 2. The number of nitrogen functional groups attached to an aromatic ring is 1. The van der Waals surface area contributed by atoms with E-state index in [1.807, 2.05) is 18.5 Å². The highest BCUT2D eigenvalue weighted by atomic mass is 35.5. The molecule has 0 fully saturated rings. The van der Waals surface area contributed by atoms with E-state index in [4.69, 9.17) is 33.7 Å². The van der Waals surface area contributed by atoms with Gasteiger partial charge in [0.2, 0.25) is 0 Å². The zero-order valence-corrected chi connectivity index (χ0v) is 13.0. The fraction of sp³-hybridized carbons (Fsp3) is 0.357. The smallest absolute Gasteiger partial charge is 0.131 e. The third-order valence-corrected chi connectivity index (χ3v) is 3.81. The largest absolute Gasteiger partial charge is 0.487 e. The van der Waals surface area contributed by atoms with Crippen LogP contribution in [0.1, 0.15) is 25.2 Å². The Morgan fingerprint density at radius 2 is 2.05 bits per heavy atom. The second-order valence-electron chi connectivity index (χ2n) is 4.35. The van der Waals surface area contributed by atoms with Gasteiger partial charge in [-0.2, -0.15) is 5.10 Å². The first kappa shape index (κ1) is 15.0. The van der Waals surface area contributed by atoms with Crippen LogP contribution in [0, 0.1) is 0 Å². The summed E-state index contributed by atoms with van der Waals surface area (Å²) in [4.78, 5) is 0. The second kappa shape index (κ2) is 6.37. The molecule has 0 aliphatic carbocycles. The van der Waals surface area contributed by atoms with E-state index in [9.17, 15) is 0 Å². The molecule has 1 aromatic heterocycles. The molecular formula is C14H17Cl2N3O. The molecule has 108 valence electrons. The number of aromatic nitrogens is 2. The van der Waals surface area contributed by atoms with Gasteiger partial charge >= 0.3 is 0 Å². The maximum Gasteiger partial charge on any atom is 0.131 e. The summed E-state index contributed by atoms with van der Waals surface area (Å²) in [5.41, 5.74) is 7.96. The topological polar surface area (TPSA) is 53.1 Å². The molecular weight excluding hydrogens is 297 g/mol. The van der Waals surface area contributed by atoms with E-state index in [1.165, 1.54) is 0 Å². The summed E-state index contributed by atoms with van der Waals surface area (Å²) in [7, 11) is 0. The minimum absolute atomic E-state index is 0.347. The number of hydrogen-bond acceptors (Lipinski definition) is 3. The molecule has 0 amide bonds. The number of aryl methyl sites for hydroxylation is 2. The molecule has 0 saturated heterocycles. The van der Waals surface area contributed by atoms with Crippen molar-refractivity contribution in [2.24, 2.45) is 0 Å². The van der Waals surface area contributed by atoms with Crippen LogP contribution < -0.4 is 10.5 Å². The van der Waals surface area contributed by atoms with Crippen molar-refractivity contribution in [2.45, 2.75) is 33.4 Å². The average molecular weight is 314 g/mol. The lowest BCUT2D eigenvalue weighted by atomic mass is 10.3. The first-order valence-corrected chi connectivity index (χ1v) is 7.24. The average Bonchev–Trinajstić information content (AvgIpc) is 2.76. The van der Waals surface area contributed by atoms with E-state index in [-0.39, 0.29) is 0 Å². The molecule has 0 bridgehead atoms. The molecule has 0 spiro atoms. The number of anilines is 1. The normalized spacial score (nSPS) is 10.8. The number of nitrogens with zero attached hydrogens (tertiary/aromatic N) is 2. The van der Waals surface area contributed by atoms with Crippen molar-refractivity contribution in [3.63, 3.8) is 0 Å². The monoisotopic (exact) mass is 313 g/mol. The molecule has 0 radical (unpaired) electrons. The number of ether oxygens (including phenoxy) is 1. The Bertz CT molecular complexity index is 611. The zero-order chi connectivity index (χ0) is 14.7. The van der Waals surface area contributed by atoms with Gasteiger partial charge in [0, 0.05) is 12.6 Å². The lowest BCUT2D eigenvalue weighted by Crippen LogP contribution is -2.06. The van der Waals surface area contributed by atoms with Crippen LogP contribution in [0.2, 0.25) is 10.0 Å². The lowest BCUT2D eigenvalue weighted by Gasteiger charge is -2.09. The summed E-state index contributed by atoms with van der Waals surface area (Å²) in [5.74, 6) is 0.655. The summed E-state index contributed by atoms with van der Waals surface area (Å²) in [6, 6.07) is 5.19. The van der Waals surface area contributed by atoms with E-state index in [0.29, 0.717) is 28.1 Å². The van der Waals surface area contributed by atoms with Crippen LogP contribution in [0.5, 0.6) is 5.75 Å². The summed E-state index contributed by atoms with van der Waals surface area (Å²) in [6.07, 6.45) is 0.798. The molecule has 4 nitrogen and oxygen atoms in total. The van der Waals surface area contributed by atoms with Crippen LogP contribution in [0.4, 0.5) is 5.69 Å². The highest BCUT2D eigenvalue weighted by molar-refractivity contribution is 6.33. The Kier molecular flexibility index (Phi) is 4.78. The van der Waals surface area contributed by atoms with Gasteiger partial charge in [-0.25, -0.2) is 0 Å². The van der Waals surface area contributed by atoms with Crippen molar-refractivity contribution in [1.29, 1.82) is 0 Å². The van der Waals surface area contributed by atoms with Gasteiger partial charge in [-0.1, -0.05) is 30.1 Å².